The lowest BCUT2D eigenvalue weighted by Gasteiger charge is -2.35. The Morgan fingerprint density at radius 3 is 2.79 bits per heavy atom. The van der Waals surface area contributed by atoms with E-state index in [1.165, 1.54) is 32.4 Å². The van der Waals surface area contributed by atoms with Crippen LogP contribution in [0.25, 0.3) is 10.9 Å². The summed E-state index contributed by atoms with van der Waals surface area (Å²) in [5.41, 5.74) is 0.381. The molecule has 5 rings (SSSR count). The molecule has 1 aromatic heterocycles. The van der Waals surface area contributed by atoms with Crippen molar-refractivity contribution in [1.29, 1.82) is 0 Å². The predicted molar refractivity (Wildman–Crippen MR) is 133 cm³/mol. The Morgan fingerprint density at radius 1 is 1.18 bits per heavy atom. The van der Waals surface area contributed by atoms with Crippen LogP contribution in [0.5, 0.6) is 0 Å². The molecule has 3 aliphatic rings. The number of fused-ring (bicyclic) bond motifs is 1. The van der Waals surface area contributed by atoms with Gasteiger partial charge in [-0.2, -0.15) is 0 Å². The molecular formula is C26H35ClN4O2. The number of pyridine rings is 1. The van der Waals surface area contributed by atoms with Crippen LogP contribution in [0.15, 0.2) is 24.3 Å². The summed E-state index contributed by atoms with van der Waals surface area (Å²) in [5, 5.41) is 15.0. The van der Waals surface area contributed by atoms with Gasteiger partial charge in [0.05, 0.1) is 21.7 Å². The minimum atomic E-state index is -0.836. The van der Waals surface area contributed by atoms with Gasteiger partial charge >= 0.3 is 0 Å². The number of likely N-dealkylation sites (tertiary alicyclic amines) is 1. The van der Waals surface area contributed by atoms with E-state index in [2.05, 4.69) is 22.0 Å². The monoisotopic (exact) mass is 470 g/mol. The molecule has 1 amide bonds. The van der Waals surface area contributed by atoms with Gasteiger partial charge in [-0.15, -0.1) is 0 Å². The number of carbonyl (C=O) groups is 1. The quantitative estimate of drug-likeness (QED) is 0.684. The highest BCUT2D eigenvalue weighted by Crippen LogP contribution is 2.33. The van der Waals surface area contributed by atoms with Gasteiger partial charge < -0.3 is 15.3 Å². The Balaban J connectivity index is 1.32. The number of amides is 1. The number of aliphatic hydroxyl groups is 1. The lowest BCUT2D eigenvalue weighted by atomic mass is 9.79. The lowest BCUT2D eigenvalue weighted by molar-refractivity contribution is -0.0109. The summed E-state index contributed by atoms with van der Waals surface area (Å²) in [6.07, 6.45) is 7.37. The molecule has 0 spiro atoms. The van der Waals surface area contributed by atoms with Crippen LogP contribution in [0.4, 0.5) is 5.82 Å². The fourth-order valence-corrected chi connectivity index (χ4v) is 6.30. The number of hydrogen-bond acceptors (Lipinski definition) is 5. The largest absolute Gasteiger partial charge is 0.388 e. The molecule has 2 aromatic rings. The Labute approximate surface area is 201 Å². The summed E-state index contributed by atoms with van der Waals surface area (Å²) in [6, 6.07) is 8.24. The van der Waals surface area contributed by atoms with Crippen molar-refractivity contribution in [2.75, 3.05) is 37.6 Å². The Hall–Kier alpha value is -1.89. The molecule has 1 saturated carbocycles. The van der Waals surface area contributed by atoms with E-state index in [1.807, 2.05) is 18.2 Å². The van der Waals surface area contributed by atoms with Gasteiger partial charge in [-0.3, -0.25) is 9.69 Å². The van der Waals surface area contributed by atoms with Gasteiger partial charge in [-0.05, 0) is 75.4 Å². The highest BCUT2D eigenvalue weighted by Gasteiger charge is 2.33. The number of carbonyl (C=O) groups excluding carboxylic acids is 1. The van der Waals surface area contributed by atoms with Gasteiger partial charge in [-0.1, -0.05) is 31.4 Å². The first-order valence-corrected chi connectivity index (χ1v) is 12.9. The zero-order valence-electron chi connectivity index (χ0n) is 19.5. The molecule has 1 aliphatic carbocycles. The van der Waals surface area contributed by atoms with E-state index in [4.69, 9.17) is 16.6 Å². The van der Waals surface area contributed by atoms with Crippen LogP contribution in [0.1, 0.15) is 62.2 Å². The molecule has 2 saturated heterocycles. The Kier molecular flexibility index (Phi) is 6.51. The second-order valence-electron chi connectivity index (χ2n) is 10.4. The van der Waals surface area contributed by atoms with E-state index < -0.39 is 5.60 Å². The topological polar surface area (TPSA) is 68.7 Å². The van der Waals surface area contributed by atoms with Crippen molar-refractivity contribution in [3.05, 3.63) is 34.9 Å². The van der Waals surface area contributed by atoms with Gasteiger partial charge in [0.1, 0.15) is 5.82 Å². The number of hydrogen-bond donors (Lipinski definition) is 2. The summed E-state index contributed by atoms with van der Waals surface area (Å²) in [4.78, 5) is 23.0. The van der Waals surface area contributed by atoms with Gasteiger partial charge in [0, 0.05) is 31.1 Å². The molecule has 2 aliphatic heterocycles. The highest BCUT2D eigenvalue weighted by molar-refractivity contribution is 6.35. The maximum atomic E-state index is 13.1. The van der Waals surface area contributed by atoms with Crippen molar-refractivity contribution in [3.63, 3.8) is 0 Å². The van der Waals surface area contributed by atoms with Crippen molar-refractivity contribution in [2.24, 2.45) is 5.92 Å². The number of halogens is 1. The van der Waals surface area contributed by atoms with Crippen LogP contribution in [-0.2, 0) is 0 Å². The zero-order chi connectivity index (χ0) is 23.0. The third kappa shape index (κ3) is 4.84. The van der Waals surface area contributed by atoms with E-state index in [0.717, 1.165) is 55.5 Å². The predicted octanol–water partition coefficient (Wildman–Crippen LogP) is 4.23. The van der Waals surface area contributed by atoms with Crippen LogP contribution >= 0.6 is 11.6 Å². The van der Waals surface area contributed by atoms with E-state index in [0.29, 0.717) is 22.5 Å². The first kappa shape index (κ1) is 22.9. The molecule has 1 unspecified atom stereocenters. The molecule has 178 valence electrons. The van der Waals surface area contributed by atoms with E-state index >= 15 is 0 Å². The third-order valence-corrected chi connectivity index (χ3v) is 8.14. The maximum absolute atomic E-state index is 13.1. The average Bonchev–Trinajstić information content (AvgIpc) is 3.49. The van der Waals surface area contributed by atoms with Gasteiger partial charge in [-0.25, -0.2) is 4.98 Å². The van der Waals surface area contributed by atoms with Crippen LogP contribution in [0.2, 0.25) is 5.02 Å². The smallest absolute Gasteiger partial charge is 0.253 e. The van der Waals surface area contributed by atoms with Crippen molar-refractivity contribution < 1.29 is 9.90 Å². The average molecular weight is 471 g/mol. The molecule has 6 nitrogen and oxygen atoms in total. The van der Waals surface area contributed by atoms with Crippen LogP contribution in [0.3, 0.4) is 0 Å². The number of nitrogens with zero attached hydrogens (tertiary/aromatic N) is 3. The molecule has 0 bridgehead atoms. The summed E-state index contributed by atoms with van der Waals surface area (Å²) in [5.74, 6) is 1.19. The molecule has 0 radical (unpaired) electrons. The van der Waals surface area contributed by atoms with Crippen LogP contribution in [0, 0.1) is 5.92 Å². The molecule has 7 heteroatoms. The summed E-state index contributed by atoms with van der Waals surface area (Å²) in [7, 11) is 0. The van der Waals surface area contributed by atoms with E-state index in [9.17, 15) is 9.90 Å². The van der Waals surface area contributed by atoms with Crippen molar-refractivity contribution in [1.82, 2.24) is 15.2 Å². The van der Waals surface area contributed by atoms with Gasteiger partial charge in [0.2, 0.25) is 0 Å². The molecule has 3 fully saturated rings. The molecular weight excluding hydrogens is 436 g/mol. The van der Waals surface area contributed by atoms with Crippen LogP contribution in [-0.4, -0.2) is 65.3 Å². The van der Waals surface area contributed by atoms with Gasteiger partial charge in [0.25, 0.3) is 5.91 Å². The number of nitrogens with one attached hydrogen (secondary N) is 1. The minimum Gasteiger partial charge on any atom is -0.388 e. The molecule has 2 N–H and O–H groups in total. The molecule has 33 heavy (non-hydrogen) atoms. The summed E-state index contributed by atoms with van der Waals surface area (Å²) >= 11 is 6.47. The van der Waals surface area contributed by atoms with Crippen molar-refractivity contribution in [3.8, 4) is 0 Å². The van der Waals surface area contributed by atoms with Crippen LogP contribution < -0.4 is 10.2 Å². The normalized spacial score (nSPS) is 28.5. The fraction of sp³-hybridized carbons (Fsp3) is 0.615. The Morgan fingerprint density at radius 2 is 2.00 bits per heavy atom. The summed E-state index contributed by atoms with van der Waals surface area (Å²) in [6.45, 7) is 6.86. The SMILES string of the molecule is C[C@@H]1CCC[C@](O)(CNC(=O)c2c(Cl)ccc3nc(N4CCC(N5CCCC5)C4)ccc23)C1. The first-order valence-electron chi connectivity index (χ1n) is 12.5. The number of benzene rings is 1. The first-order chi connectivity index (χ1) is 15.9. The van der Waals surface area contributed by atoms with E-state index in [-0.39, 0.29) is 12.5 Å². The van der Waals surface area contributed by atoms with Crippen molar-refractivity contribution >= 4 is 34.2 Å². The van der Waals surface area contributed by atoms with E-state index in [1.54, 1.807) is 6.07 Å². The van der Waals surface area contributed by atoms with Crippen molar-refractivity contribution in [2.45, 2.75) is 63.5 Å². The third-order valence-electron chi connectivity index (χ3n) is 7.82. The fourth-order valence-electron chi connectivity index (χ4n) is 6.05. The Bertz CT molecular complexity index is 1020. The zero-order valence-corrected chi connectivity index (χ0v) is 20.3. The molecule has 3 atom stereocenters. The standard InChI is InChI=1S/C26H35ClN4O2/c1-18-5-4-11-26(33,15-18)17-28-25(32)24-20-6-9-23(29-22(20)8-7-21(24)27)31-14-10-19(16-31)30-12-2-3-13-30/h6-9,18-19,33H,2-5,10-17H2,1H3,(H,28,32)/t18-,19?,26-/m1/s1. The number of rotatable bonds is 5. The number of anilines is 1. The lowest BCUT2D eigenvalue weighted by Crippen LogP contribution is -2.45. The minimum absolute atomic E-state index is 0.248. The molecule has 1 aromatic carbocycles. The highest BCUT2D eigenvalue weighted by atomic mass is 35.5. The second kappa shape index (κ2) is 9.40. The summed E-state index contributed by atoms with van der Waals surface area (Å²) < 4.78 is 0. The maximum Gasteiger partial charge on any atom is 0.253 e. The number of aromatic nitrogens is 1. The van der Waals surface area contributed by atoms with Gasteiger partial charge in [0.15, 0.2) is 0 Å². The second-order valence-corrected chi connectivity index (χ2v) is 10.8. The molecule has 3 heterocycles.